The van der Waals surface area contributed by atoms with Gasteiger partial charge in [0.2, 0.25) is 0 Å². The molecule has 0 spiro atoms. The molecule has 4 aromatic rings. The number of halogens is 1. The quantitative estimate of drug-likeness (QED) is 0.418. The average molecular weight is 450 g/mol. The topological polar surface area (TPSA) is 68.5 Å². The Kier molecular flexibility index (Phi) is 5.18. The van der Waals surface area contributed by atoms with Crippen LogP contribution in [0.25, 0.3) is 22.1 Å². The molecule has 0 saturated carbocycles. The van der Waals surface area contributed by atoms with Crippen LogP contribution >= 0.6 is 15.9 Å². The zero-order valence-corrected chi connectivity index (χ0v) is 17.0. The second-order valence-electron chi connectivity index (χ2n) is 6.36. The van der Waals surface area contributed by atoms with Crippen LogP contribution in [0.2, 0.25) is 0 Å². The molecule has 5 nitrogen and oxygen atoms in total. The molecule has 0 aliphatic rings. The van der Waals surface area contributed by atoms with Crippen molar-refractivity contribution in [1.82, 2.24) is 0 Å². The summed E-state index contributed by atoms with van der Waals surface area (Å²) in [6, 6.07) is 21.4. The molecule has 144 valence electrons. The Bertz CT molecular complexity index is 1280. The third-order valence-corrected chi connectivity index (χ3v) is 4.97. The molecule has 1 heterocycles. The number of methoxy groups -OCH3 is 1. The normalized spacial score (nSPS) is 10.7. The van der Waals surface area contributed by atoms with Crippen molar-refractivity contribution in [2.45, 2.75) is 0 Å². The summed E-state index contributed by atoms with van der Waals surface area (Å²) in [6.45, 7) is 0. The first-order valence-electron chi connectivity index (χ1n) is 8.83. The Labute approximate surface area is 175 Å². The number of ether oxygens (including phenoxy) is 1. The van der Waals surface area contributed by atoms with Gasteiger partial charge in [-0.1, -0.05) is 46.3 Å². The lowest BCUT2D eigenvalue weighted by atomic mass is 10.1. The lowest BCUT2D eigenvalue weighted by molar-refractivity contribution is 0.102. The maximum atomic E-state index is 12.7. The highest BCUT2D eigenvalue weighted by atomic mass is 79.9. The number of carbonyl (C=O) groups excluding carboxylic acids is 1. The van der Waals surface area contributed by atoms with Crippen molar-refractivity contribution in [2.75, 3.05) is 12.4 Å². The van der Waals surface area contributed by atoms with Crippen LogP contribution in [0.4, 0.5) is 5.69 Å². The number of nitrogens with one attached hydrogen (secondary N) is 1. The molecule has 0 fully saturated rings. The number of hydrogen-bond acceptors (Lipinski definition) is 4. The first kappa shape index (κ1) is 19.0. The summed E-state index contributed by atoms with van der Waals surface area (Å²) in [4.78, 5) is 25.2. The lowest BCUT2D eigenvalue weighted by Crippen LogP contribution is -2.13. The Morgan fingerprint density at radius 1 is 1.00 bits per heavy atom. The van der Waals surface area contributed by atoms with Gasteiger partial charge in [0.1, 0.15) is 11.3 Å². The van der Waals surface area contributed by atoms with E-state index in [1.54, 1.807) is 54.6 Å². The van der Waals surface area contributed by atoms with E-state index in [0.717, 1.165) is 9.86 Å². The van der Waals surface area contributed by atoms with Crippen LogP contribution in [-0.2, 0) is 0 Å². The van der Waals surface area contributed by atoms with Crippen molar-refractivity contribution in [3.05, 3.63) is 93.3 Å². The molecular weight excluding hydrogens is 434 g/mol. The minimum atomic E-state index is -0.430. The fourth-order valence-corrected chi connectivity index (χ4v) is 3.44. The van der Waals surface area contributed by atoms with Gasteiger partial charge in [-0.15, -0.1) is 0 Å². The standard InChI is InChI=1S/C23H16BrNO4/c1-28-21-10-9-16(24)13-19(21)22(26)25-17-7-4-6-14(11-17)18-12-15-5-2-3-8-20(15)29-23(18)27/h2-13H,1H3,(H,25,26). The minimum Gasteiger partial charge on any atom is -0.496 e. The van der Waals surface area contributed by atoms with Crippen LogP contribution in [0.1, 0.15) is 10.4 Å². The summed E-state index contributed by atoms with van der Waals surface area (Å²) in [5.41, 5.74) is 2.15. The smallest absolute Gasteiger partial charge is 0.344 e. The minimum absolute atomic E-state index is 0.314. The fraction of sp³-hybridized carbons (Fsp3) is 0.0435. The average Bonchev–Trinajstić information content (AvgIpc) is 2.73. The third-order valence-electron chi connectivity index (χ3n) is 4.48. The first-order valence-corrected chi connectivity index (χ1v) is 9.62. The first-order chi connectivity index (χ1) is 14.0. The van der Waals surface area contributed by atoms with Crippen LogP contribution in [0.15, 0.2) is 86.5 Å². The highest BCUT2D eigenvalue weighted by molar-refractivity contribution is 9.10. The number of para-hydroxylation sites is 1. The van der Waals surface area contributed by atoms with Crippen molar-refractivity contribution in [2.24, 2.45) is 0 Å². The predicted molar refractivity (Wildman–Crippen MR) is 117 cm³/mol. The van der Waals surface area contributed by atoms with E-state index < -0.39 is 5.63 Å². The van der Waals surface area contributed by atoms with E-state index in [0.29, 0.717) is 33.7 Å². The number of fused-ring (bicyclic) bond motifs is 1. The summed E-state index contributed by atoms with van der Waals surface area (Å²) in [5.74, 6) is 0.155. The van der Waals surface area contributed by atoms with Gasteiger partial charge in [-0.05, 0) is 48.0 Å². The molecule has 0 aliphatic heterocycles. The van der Waals surface area contributed by atoms with Crippen molar-refractivity contribution < 1.29 is 13.9 Å². The van der Waals surface area contributed by atoms with E-state index >= 15 is 0 Å². The molecule has 1 aromatic heterocycles. The highest BCUT2D eigenvalue weighted by Gasteiger charge is 2.14. The second-order valence-corrected chi connectivity index (χ2v) is 7.28. The van der Waals surface area contributed by atoms with Crippen LogP contribution < -0.4 is 15.7 Å². The third kappa shape index (κ3) is 3.93. The Morgan fingerprint density at radius 2 is 1.83 bits per heavy atom. The van der Waals surface area contributed by atoms with E-state index in [4.69, 9.17) is 9.15 Å². The van der Waals surface area contributed by atoms with Crippen molar-refractivity contribution in [3.63, 3.8) is 0 Å². The Morgan fingerprint density at radius 3 is 2.66 bits per heavy atom. The van der Waals surface area contributed by atoms with E-state index in [9.17, 15) is 9.59 Å². The molecule has 0 aliphatic carbocycles. The van der Waals surface area contributed by atoms with Gasteiger partial charge in [-0.2, -0.15) is 0 Å². The zero-order chi connectivity index (χ0) is 20.4. The SMILES string of the molecule is COc1ccc(Br)cc1C(=O)Nc1cccc(-c2cc3ccccc3oc2=O)c1. The maximum absolute atomic E-state index is 12.7. The number of rotatable bonds is 4. The molecule has 4 rings (SSSR count). The summed E-state index contributed by atoms with van der Waals surface area (Å²) in [5, 5.41) is 3.68. The van der Waals surface area contributed by atoms with Gasteiger partial charge in [0.25, 0.3) is 5.91 Å². The number of carbonyl (C=O) groups is 1. The number of amides is 1. The fourth-order valence-electron chi connectivity index (χ4n) is 3.08. The van der Waals surface area contributed by atoms with Crippen molar-refractivity contribution in [1.29, 1.82) is 0 Å². The van der Waals surface area contributed by atoms with Crippen LogP contribution in [0.3, 0.4) is 0 Å². The predicted octanol–water partition coefficient (Wildman–Crippen LogP) is 5.48. The summed E-state index contributed by atoms with van der Waals surface area (Å²) < 4.78 is 11.5. The van der Waals surface area contributed by atoms with Gasteiger partial charge >= 0.3 is 5.63 Å². The molecule has 1 amide bonds. The lowest BCUT2D eigenvalue weighted by Gasteiger charge is -2.11. The number of hydrogen-bond donors (Lipinski definition) is 1. The van der Waals surface area contributed by atoms with Gasteiger partial charge in [0.05, 0.1) is 18.2 Å². The van der Waals surface area contributed by atoms with Gasteiger partial charge < -0.3 is 14.5 Å². The highest BCUT2D eigenvalue weighted by Crippen LogP contribution is 2.26. The summed E-state index contributed by atoms with van der Waals surface area (Å²) >= 11 is 3.37. The number of benzene rings is 3. The Hall–Kier alpha value is -3.38. The van der Waals surface area contributed by atoms with Gasteiger partial charge in [0, 0.05) is 15.5 Å². The molecule has 0 bridgehead atoms. The second kappa shape index (κ2) is 7.93. The van der Waals surface area contributed by atoms with E-state index in [-0.39, 0.29) is 5.91 Å². The maximum Gasteiger partial charge on any atom is 0.344 e. The molecule has 1 N–H and O–H groups in total. The largest absolute Gasteiger partial charge is 0.496 e. The Balaban J connectivity index is 1.68. The molecule has 0 atom stereocenters. The molecule has 0 unspecified atom stereocenters. The van der Waals surface area contributed by atoms with Crippen molar-refractivity contribution in [3.8, 4) is 16.9 Å². The van der Waals surface area contributed by atoms with Gasteiger partial charge in [0.15, 0.2) is 0 Å². The molecule has 0 radical (unpaired) electrons. The van der Waals surface area contributed by atoms with Crippen molar-refractivity contribution >= 4 is 38.5 Å². The van der Waals surface area contributed by atoms with Crippen LogP contribution in [0.5, 0.6) is 5.75 Å². The summed E-state index contributed by atoms with van der Waals surface area (Å²) in [7, 11) is 1.51. The van der Waals surface area contributed by atoms with Crippen LogP contribution in [0, 0.1) is 0 Å². The zero-order valence-electron chi connectivity index (χ0n) is 15.4. The molecule has 0 saturated heterocycles. The monoisotopic (exact) mass is 449 g/mol. The van der Waals surface area contributed by atoms with Gasteiger partial charge in [-0.3, -0.25) is 4.79 Å². The molecule has 3 aromatic carbocycles. The molecular formula is C23H16BrNO4. The number of anilines is 1. The van der Waals surface area contributed by atoms with E-state index in [1.807, 2.05) is 18.2 Å². The van der Waals surface area contributed by atoms with E-state index in [2.05, 4.69) is 21.2 Å². The molecule has 29 heavy (non-hydrogen) atoms. The van der Waals surface area contributed by atoms with E-state index in [1.165, 1.54) is 7.11 Å². The van der Waals surface area contributed by atoms with Crippen LogP contribution in [-0.4, -0.2) is 13.0 Å². The molecule has 6 heteroatoms. The summed E-state index contributed by atoms with van der Waals surface area (Å²) in [6.07, 6.45) is 0. The van der Waals surface area contributed by atoms with Gasteiger partial charge in [-0.25, -0.2) is 4.79 Å².